The van der Waals surface area contributed by atoms with Crippen LogP contribution in [-0.2, 0) is 5.75 Å². The minimum atomic E-state index is 0.642. The maximum absolute atomic E-state index is 5.89. The van der Waals surface area contributed by atoms with Gasteiger partial charge in [0.25, 0.3) is 5.22 Å². The molecule has 0 fully saturated rings. The van der Waals surface area contributed by atoms with Gasteiger partial charge in [-0.1, -0.05) is 30.0 Å². The molecule has 20 heavy (non-hydrogen) atoms. The fourth-order valence-corrected chi connectivity index (χ4v) is 2.71. The van der Waals surface area contributed by atoms with Crippen LogP contribution in [0, 0.1) is 0 Å². The molecule has 2 N–H and O–H groups in total. The number of oxazole rings is 1. The third-order valence-corrected chi connectivity index (χ3v) is 3.83. The average Bonchev–Trinajstić information content (AvgIpc) is 2.88. The highest BCUT2D eigenvalue weighted by Crippen LogP contribution is 2.28. The van der Waals surface area contributed by atoms with Gasteiger partial charge in [0, 0.05) is 5.75 Å². The Labute approximate surface area is 120 Å². The number of fused-ring (bicyclic) bond motifs is 1. The van der Waals surface area contributed by atoms with Crippen LogP contribution in [-0.4, -0.2) is 12.1 Å². The zero-order chi connectivity index (χ0) is 13.9. The van der Waals surface area contributed by atoms with E-state index < -0.39 is 0 Å². The van der Waals surface area contributed by atoms with Gasteiger partial charge in [-0.25, -0.2) is 4.98 Å². The van der Waals surface area contributed by atoms with Crippen molar-refractivity contribution in [1.29, 1.82) is 0 Å². The van der Waals surface area contributed by atoms with Crippen LogP contribution in [0.3, 0.4) is 0 Å². The molecule has 0 saturated carbocycles. The van der Waals surface area contributed by atoms with E-state index in [9.17, 15) is 0 Å². The first-order valence-electron chi connectivity index (χ1n) is 6.17. The monoisotopic (exact) mass is 286 g/mol. The lowest BCUT2D eigenvalue weighted by molar-refractivity contribution is 0.417. The van der Waals surface area contributed by atoms with Crippen molar-refractivity contribution in [3.63, 3.8) is 0 Å². The van der Waals surface area contributed by atoms with Crippen LogP contribution in [0.1, 0.15) is 5.56 Å². The van der Waals surface area contributed by atoms with E-state index in [4.69, 9.17) is 14.9 Å². The summed E-state index contributed by atoms with van der Waals surface area (Å²) in [5.74, 6) is 1.45. The van der Waals surface area contributed by atoms with Gasteiger partial charge in [0.15, 0.2) is 5.58 Å². The number of para-hydroxylation sites is 2. The Bertz CT molecular complexity index is 707. The number of anilines is 1. The van der Waals surface area contributed by atoms with E-state index in [0.717, 1.165) is 22.4 Å². The highest BCUT2D eigenvalue weighted by Gasteiger charge is 2.07. The van der Waals surface area contributed by atoms with Crippen LogP contribution in [0.2, 0.25) is 0 Å². The maximum Gasteiger partial charge on any atom is 0.257 e. The molecule has 3 rings (SSSR count). The van der Waals surface area contributed by atoms with E-state index in [1.54, 1.807) is 18.9 Å². The minimum absolute atomic E-state index is 0.642. The minimum Gasteiger partial charge on any atom is -0.495 e. The number of thioether (sulfide) groups is 1. The van der Waals surface area contributed by atoms with Gasteiger partial charge in [0.1, 0.15) is 11.3 Å². The molecule has 0 aliphatic rings. The maximum atomic E-state index is 5.89. The number of aromatic nitrogens is 1. The standard InChI is InChI=1S/C15H14N2O2S/c1-18-13-7-6-10(8-11(13)16)9-20-15-17-12-4-2-3-5-14(12)19-15/h2-8H,9,16H2,1H3. The van der Waals surface area contributed by atoms with Crippen LogP contribution in [0.5, 0.6) is 5.75 Å². The van der Waals surface area contributed by atoms with Crippen molar-refractivity contribution in [2.24, 2.45) is 0 Å². The van der Waals surface area contributed by atoms with Crippen molar-refractivity contribution in [2.75, 3.05) is 12.8 Å². The molecule has 0 saturated heterocycles. The predicted octanol–water partition coefficient (Wildman–Crippen LogP) is 3.71. The summed E-state index contributed by atoms with van der Waals surface area (Å²) in [6.07, 6.45) is 0. The van der Waals surface area contributed by atoms with Gasteiger partial charge < -0.3 is 14.9 Å². The lowest BCUT2D eigenvalue weighted by Crippen LogP contribution is -1.93. The number of nitrogens with two attached hydrogens (primary N) is 1. The van der Waals surface area contributed by atoms with Gasteiger partial charge in [-0.15, -0.1) is 0 Å². The zero-order valence-corrected chi connectivity index (χ0v) is 11.8. The molecule has 1 heterocycles. The highest BCUT2D eigenvalue weighted by molar-refractivity contribution is 7.98. The molecule has 1 aromatic heterocycles. The summed E-state index contributed by atoms with van der Waals surface area (Å²) in [6.45, 7) is 0. The number of methoxy groups -OCH3 is 1. The molecule has 0 amide bonds. The van der Waals surface area contributed by atoms with Crippen LogP contribution in [0.4, 0.5) is 5.69 Å². The van der Waals surface area contributed by atoms with Gasteiger partial charge in [0.2, 0.25) is 0 Å². The highest BCUT2D eigenvalue weighted by atomic mass is 32.2. The van der Waals surface area contributed by atoms with E-state index in [-0.39, 0.29) is 0 Å². The summed E-state index contributed by atoms with van der Waals surface area (Å²) < 4.78 is 10.8. The van der Waals surface area contributed by atoms with E-state index in [1.165, 1.54) is 0 Å². The normalized spacial score (nSPS) is 10.8. The Hall–Kier alpha value is -2.14. The number of nitrogens with zero attached hydrogens (tertiary/aromatic N) is 1. The van der Waals surface area contributed by atoms with E-state index >= 15 is 0 Å². The molecule has 4 nitrogen and oxygen atoms in total. The fourth-order valence-electron chi connectivity index (χ4n) is 1.93. The molecule has 102 valence electrons. The first-order chi connectivity index (χ1) is 9.76. The molecule has 2 aromatic carbocycles. The number of hydrogen-bond donors (Lipinski definition) is 1. The van der Waals surface area contributed by atoms with Gasteiger partial charge >= 0.3 is 0 Å². The molecular weight excluding hydrogens is 272 g/mol. The van der Waals surface area contributed by atoms with Gasteiger partial charge in [-0.3, -0.25) is 0 Å². The summed E-state index contributed by atoms with van der Waals surface area (Å²) >= 11 is 1.55. The number of benzene rings is 2. The summed E-state index contributed by atoms with van der Waals surface area (Å²) in [5.41, 5.74) is 9.33. The lowest BCUT2D eigenvalue weighted by atomic mass is 10.2. The predicted molar refractivity (Wildman–Crippen MR) is 81.0 cm³/mol. The third kappa shape index (κ3) is 2.58. The second-order valence-corrected chi connectivity index (χ2v) is 5.24. The quantitative estimate of drug-likeness (QED) is 0.585. The van der Waals surface area contributed by atoms with Crippen molar-refractivity contribution in [3.8, 4) is 5.75 Å². The molecule has 0 atom stereocenters. The fraction of sp³-hybridized carbons (Fsp3) is 0.133. The molecule has 0 unspecified atom stereocenters. The molecule has 0 spiro atoms. The largest absolute Gasteiger partial charge is 0.495 e. The molecule has 0 aliphatic heterocycles. The Morgan fingerprint density at radius 3 is 2.85 bits per heavy atom. The van der Waals surface area contributed by atoms with Crippen LogP contribution >= 0.6 is 11.8 Å². The van der Waals surface area contributed by atoms with Gasteiger partial charge in [-0.05, 0) is 29.8 Å². The van der Waals surface area contributed by atoms with Gasteiger partial charge in [-0.2, -0.15) is 0 Å². The van der Waals surface area contributed by atoms with Crippen molar-refractivity contribution < 1.29 is 9.15 Å². The Morgan fingerprint density at radius 2 is 2.10 bits per heavy atom. The Morgan fingerprint density at radius 1 is 1.25 bits per heavy atom. The number of hydrogen-bond acceptors (Lipinski definition) is 5. The molecule has 5 heteroatoms. The summed E-state index contributed by atoms with van der Waals surface area (Å²) in [6, 6.07) is 13.5. The molecule has 0 radical (unpaired) electrons. The summed E-state index contributed by atoms with van der Waals surface area (Å²) in [7, 11) is 1.61. The topological polar surface area (TPSA) is 61.3 Å². The van der Waals surface area contributed by atoms with E-state index in [2.05, 4.69) is 4.98 Å². The molecular formula is C15H14N2O2S. The number of rotatable bonds is 4. The first kappa shape index (κ1) is 12.9. The Balaban J connectivity index is 1.74. The second-order valence-electron chi connectivity index (χ2n) is 4.31. The Kier molecular flexibility index (Phi) is 3.52. The first-order valence-corrected chi connectivity index (χ1v) is 7.15. The summed E-state index contributed by atoms with van der Waals surface area (Å²) in [4.78, 5) is 4.42. The number of nitrogen functional groups attached to an aromatic ring is 1. The molecule has 0 bridgehead atoms. The van der Waals surface area contributed by atoms with Crippen LogP contribution in [0.25, 0.3) is 11.1 Å². The van der Waals surface area contributed by atoms with Gasteiger partial charge in [0.05, 0.1) is 12.8 Å². The van der Waals surface area contributed by atoms with E-state index in [1.807, 2.05) is 42.5 Å². The van der Waals surface area contributed by atoms with Crippen LogP contribution in [0.15, 0.2) is 52.1 Å². The van der Waals surface area contributed by atoms with Crippen molar-refractivity contribution in [1.82, 2.24) is 4.98 Å². The van der Waals surface area contributed by atoms with Crippen molar-refractivity contribution in [3.05, 3.63) is 48.0 Å². The zero-order valence-electron chi connectivity index (χ0n) is 11.0. The SMILES string of the molecule is COc1ccc(CSc2nc3ccccc3o2)cc1N. The molecule has 0 aliphatic carbocycles. The number of ether oxygens (including phenoxy) is 1. The lowest BCUT2D eigenvalue weighted by Gasteiger charge is -2.06. The van der Waals surface area contributed by atoms with Crippen molar-refractivity contribution in [2.45, 2.75) is 11.0 Å². The molecule has 3 aromatic rings. The summed E-state index contributed by atoms with van der Waals surface area (Å²) in [5, 5.41) is 0.667. The third-order valence-electron chi connectivity index (χ3n) is 2.93. The van der Waals surface area contributed by atoms with E-state index in [0.29, 0.717) is 16.7 Å². The average molecular weight is 286 g/mol. The van der Waals surface area contributed by atoms with Crippen molar-refractivity contribution >= 4 is 28.5 Å². The smallest absolute Gasteiger partial charge is 0.257 e. The van der Waals surface area contributed by atoms with Crippen LogP contribution < -0.4 is 10.5 Å². The second kappa shape index (κ2) is 5.46.